The van der Waals surface area contributed by atoms with Crippen LogP contribution in [0, 0.1) is 0 Å². The zero-order valence-electron chi connectivity index (χ0n) is 14.0. The third-order valence-corrected chi connectivity index (χ3v) is 4.70. The predicted molar refractivity (Wildman–Crippen MR) is 86.4 cm³/mol. The summed E-state index contributed by atoms with van der Waals surface area (Å²) in [5.41, 5.74) is 1.93. The number of alkyl carbamates (subject to hydrolysis) is 1. The van der Waals surface area contributed by atoms with Gasteiger partial charge in [0, 0.05) is 36.3 Å². The summed E-state index contributed by atoms with van der Waals surface area (Å²) in [5, 5.41) is 9.58. The van der Waals surface area contributed by atoms with Crippen LogP contribution in [0.5, 0.6) is 0 Å². The first-order valence-corrected chi connectivity index (χ1v) is 8.29. The monoisotopic (exact) mass is 380 g/mol. The molecular weight excluding hydrogens is 365 g/mol. The molecule has 0 aliphatic carbocycles. The van der Waals surface area contributed by atoms with Crippen molar-refractivity contribution in [3.8, 4) is 11.3 Å². The second kappa shape index (κ2) is 6.29. The van der Waals surface area contributed by atoms with Crippen LogP contribution in [0.4, 0.5) is 18.0 Å². The fourth-order valence-electron chi connectivity index (χ4n) is 3.28. The summed E-state index contributed by atoms with van der Waals surface area (Å²) in [6, 6.07) is 4.03. The number of nitrogens with zero attached hydrogens (tertiary/aromatic N) is 2. The minimum Gasteiger partial charge on any atom is -0.447 e. The van der Waals surface area contributed by atoms with E-state index in [-0.39, 0.29) is 19.1 Å². The van der Waals surface area contributed by atoms with Gasteiger partial charge in [-0.25, -0.2) is 4.79 Å². The van der Waals surface area contributed by atoms with Crippen molar-refractivity contribution in [2.75, 3.05) is 13.2 Å². The molecular formula is C17H15F3N4O3. The van der Waals surface area contributed by atoms with Crippen LogP contribution >= 0.6 is 0 Å². The molecule has 1 fully saturated rings. The van der Waals surface area contributed by atoms with E-state index in [2.05, 4.69) is 15.5 Å². The lowest BCUT2D eigenvalue weighted by atomic mass is 9.99. The van der Waals surface area contributed by atoms with Crippen molar-refractivity contribution in [2.45, 2.75) is 25.2 Å². The van der Waals surface area contributed by atoms with E-state index in [9.17, 15) is 22.8 Å². The Morgan fingerprint density at radius 1 is 1.26 bits per heavy atom. The van der Waals surface area contributed by atoms with Gasteiger partial charge in [0.05, 0.1) is 11.3 Å². The van der Waals surface area contributed by atoms with E-state index in [1.54, 1.807) is 4.90 Å². The molecule has 0 spiro atoms. The molecule has 2 aliphatic rings. The van der Waals surface area contributed by atoms with E-state index < -0.39 is 23.9 Å². The molecule has 3 heterocycles. The van der Waals surface area contributed by atoms with Gasteiger partial charge in [-0.15, -0.1) is 0 Å². The van der Waals surface area contributed by atoms with Crippen LogP contribution in [-0.2, 0) is 28.7 Å². The number of ether oxygens (including phenoxy) is 1. The standard InChI is InChI=1S/C17H15F3N4O3/c18-17(19,20)10-3-1-9(2-4-10)14-11-7-24(6-5-12(11)22-23-14)15(25)13-8-27-16(26)21-13/h1-4,13H,5-8H2,(H,21,26)(H,22,23). The highest BCUT2D eigenvalue weighted by Gasteiger charge is 2.35. The molecule has 1 saturated heterocycles. The number of aromatic nitrogens is 2. The van der Waals surface area contributed by atoms with E-state index in [0.29, 0.717) is 24.2 Å². The molecule has 1 atom stereocenters. The minimum absolute atomic E-state index is 0.0157. The van der Waals surface area contributed by atoms with Crippen molar-refractivity contribution in [1.29, 1.82) is 0 Å². The summed E-state index contributed by atoms with van der Waals surface area (Å²) in [5.74, 6) is -0.258. The zero-order chi connectivity index (χ0) is 19.2. The van der Waals surface area contributed by atoms with Crippen molar-refractivity contribution < 1.29 is 27.5 Å². The van der Waals surface area contributed by atoms with Gasteiger partial charge in [0.15, 0.2) is 0 Å². The number of amides is 2. The Morgan fingerprint density at radius 3 is 2.63 bits per heavy atom. The summed E-state index contributed by atoms with van der Waals surface area (Å²) in [6.07, 6.45) is -4.49. The molecule has 2 N–H and O–H groups in total. The van der Waals surface area contributed by atoms with E-state index in [0.717, 1.165) is 23.4 Å². The average Bonchev–Trinajstić information content (AvgIpc) is 3.26. The molecule has 0 radical (unpaired) electrons. The number of halogens is 3. The van der Waals surface area contributed by atoms with Gasteiger partial charge in [-0.1, -0.05) is 12.1 Å². The Balaban J connectivity index is 1.56. The number of carbonyl (C=O) groups is 2. The molecule has 2 aromatic rings. The maximum absolute atomic E-state index is 12.7. The van der Waals surface area contributed by atoms with Crippen LogP contribution in [-0.4, -0.2) is 46.3 Å². The number of cyclic esters (lactones) is 1. The SMILES string of the molecule is O=C1NC(C(=O)N2CCc3[nH]nc(-c4ccc(C(F)(F)F)cc4)c3C2)CO1. The molecule has 0 bridgehead atoms. The van der Waals surface area contributed by atoms with Crippen LogP contribution in [0.15, 0.2) is 24.3 Å². The lowest BCUT2D eigenvalue weighted by Crippen LogP contribution is -2.47. The summed E-state index contributed by atoms with van der Waals surface area (Å²) in [4.78, 5) is 25.3. The van der Waals surface area contributed by atoms with Crippen LogP contribution < -0.4 is 5.32 Å². The number of benzene rings is 1. The van der Waals surface area contributed by atoms with Crippen LogP contribution in [0.2, 0.25) is 0 Å². The van der Waals surface area contributed by atoms with Gasteiger partial charge in [-0.05, 0) is 12.1 Å². The average molecular weight is 380 g/mol. The summed E-state index contributed by atoms with van der Waals surface area (Å²) in [6.45, 7) is 0.693. The lowest BCUT2D eigenvalue weighted by Gasteiger charge is -2.28. The molecule has 1 aromatic carbocycles. The fraction of sp³-hybridized carbons (Fsp3) is 0.353. The molecule has 4 rings (SSSR count). The summed E-state index contributed by atoms with van der Waals surface area (Å²) < 4.78 is 43.0. The van der Waals surface area contributed by atoms with Gasteiger partial charge < -0.3 is 15.0 Å². The topological polar surface area (TPSA) is 87.3 Å². The third kappa shape index (κ3) is 3.22. The smallest absolute Gasteiger partial charge is 0.416 e. The highest BCUT2D eigenvalue weighted by atomic mass is 19.4. The number of nitrogens with one attached hydrogen (secondary N) is 2. The molecule has 1 unspecified atom stereocenters. The van der Waals surface area contributed by atoms with Gasteiger partial charge in [-0.2, -0.15) is 18.3 Å². The van der Waals surface area contributed by atoms with Gasteiger partial charge in [0.2, 0.25) is 5.91 Å². The maximum Gasteiger partial charge on any atom is 0.416 e. The first-order valence-electron chi connectivity index (χ1n) is 8.29. The second-order valence-electron chi connectivity index (χ2n) is 6.41. The third-order valence-electron chi connectivity index (χ3n) is 4.70. The molecule has 2 amide bonds. The number of H-pyrrole nitrogens is 1. The molecule has 0 saturated carbocycles. The van der Waals surface area contributed by atoms with E-state index in [4.69, 9.17) is 4.74 Å². The van der Waals surface area contributed by atoms with Crippen LogP contribution in [0.25, 0.3) is 11.3 Å². The van der Waals surface area contributed by atoms with Gasteiger partial charge in [-0.3, -0.25) is 9.89 Å². The van der Waals surface area contributed by atoms with Crippen molar-refractivity contribution in [2.24, 2.45) is 0 Å². The highest BCUT2D eigenvalue weighted by Crippen LogP contribution is 2.33. The van der Waals surface area contributed by atoms with Crippen molar-refractivity contribution in [3.63, 3.8) is 0 Å². The number of aromatic amines is 1. The number of fused-ring (bicyclic) bond motifs is 1. The number of hydrogen-bond acceptors (Lipinski definition) is 4. The molecule has 10 heteroatoms. The highest BCUT2D eigenvalue weighted by molar-refractivity contribution is 5.88. The summed E-state index contributed by atoms with van der Waals surface area (Å²) in [7, 11) is 0. The Hall–Kier alpha value is -3.04. The largest absolute Gasteiger partial charge is 0.447 e. The first kappa shape index (κ1) is 17.4. The normalized spacial score (nSPS) is 19.4. The Labute approximate surface area is 151 Å². The lowest BCUT2D eigenvalue weighted by molar-refractivity contribution is -0.137. The van der Waals surface area contributed by atoms with Gasteiger partial charge >= 0.3 is 12.3 Å². The second-order valence-corrected chi connectivity index (χ2v) is 6.41. The Morgan fingerprint density at radius 2 is 2.00 bits per heavy atom. The minimum atomic E-state index is -4.40. The molecule has 7 nitrogen and oxygen atoms in total. The van der Waals surface area contributed by atoms with Crippen LogP contribution in [0.3, 0.4) is 0 Å². The Kier molecular flexibility index (Phi) is 4.05. The number of rotatable bonds is 2. The molecule has 2 aliphatic heterocycles. The summed E-state index contributed by atoms with van der Waals surface area (Å²) >= 11 is 0. The Bertz CT molecular complexity index is 892. The van der Waals surface area contributed by atoms with Gasteiger partial charge in [0.1, 0.15) is 12.6 Å². The predicted octanol–water partition coefficient (Wildman–Crippen LogP) is 2.09. The first-order chi connectivity index (χ1) is 12.8. The zero-order valence-corrected chi connectivity index (χ0v) is 14.0. The molecule has 142 valence electrons. The van der Waals surface area contributed by atoms with E-state index in [1.807, 2.05) is 0 Å². The van der Waals surface area contributed by atoms with Crippen molar-refractivity contribution in [3.05, 3.63) is 41.1 Å². The van der Waals surface area contributed by atoms with Gasteiger partial charge in [0.25, 0.3) is 0 Å². The van der Waals surface area contributed by atoms with E-state index in [1.165, 1.54) is 12.1 Å². The molecule has 1 aromatic heterocycles. The maximum atomic E-state index is 12.7. The quantitative estimate of drug-likeness (QED) is 0.835. The fourth-order valence-corrected chi connectivity index (χ4v) is 3.28. The van der Waals surface area contributed by atoms with Crippen LogP contribution in [0.1, 0.15) is 16.8 Å². The number of alkyl halides is 3. The van der Waals surface area contributed by atoms with E-state index >= 15 is 0 Å². The molecule has 27 heavy (non-hydrogen) atoms. The number of carbonyl (C=O) groups excluding carboxylic acids is 2. The number of hydrogen-bond donors (Lipinski definition) is 2. The van der Waals surface area contributed by atoms with Crippen molar-refractivity contribution >= 4 is 12.0 Å². The van der Waals surface area contributed by atoms with Crippen molar-refractivity contribution in [1.82, 2.24) is 20.4 Å².